The maximum atomic E-state index is 11.2. The summed E-state index contributed by atoms with van der Waals surface area (Å²) in [6.45, 7) is 2.59. The first kappa shape index (κ1) is 11.4. The standard InChI is InChI=1S/C5H10FO.W/c1-2-7-5-3-4-6;/h3H,2,4-5H2,1H3;/q-1;. The van der Waals surface area contributed by atoms with Crippen LogP contribution in [0.2, 0.25) is 0 Å². The smallest absolute Gasteiger partial charge is 0.0402 e. The number of halogens is 1. The Hall–Kier alpha value is 0.578. The molecule has 0 aromatic heterocycles. The van der Waals surface area contributed by atoms with Crippen LogP contribution < -0.4 is 0 Å². The summed E-state index contributed by atoms with van der Waals surface area (Å²) in [7, 11) is 0. The summed E-state index contributed by atoms with van der Waals surface area (Å²) in [5, 5.41) is 0. The molecule has 0 aliphatic heterocycles. The molecule has 0 fully saturated rings. The molecule has 8 heavy (non-hydrogen) atoms. The van der Waals surface area contributed by atoms with Crippen LogP contribution in [0.4, 0.5) is 4.39 Å². The van der Waals surface area contributed by atoms with Crippen LogP contribution in [0.3, 0.4) is 0 Å². The normalized spacial score (nSPS) is 8.25. The quantitative estimate of drug-likeness (QED) is 0.558. The average Bonchev–Trinajstić information content (AvgIpc) is 1.69. The van der Waals surface area contributed by atoms with Crippen molar-refractivity contribution >= 4 is 0 Å². The van der Waals surface area contributed by atoms with Gasteiger partial charge in [0.2, 0.25) is 0 Å². The van der Waals surface area contributed by atoms with Gasteiger partial charge in [0, 0.05) is 27.7 Å². The van der Waals surface area contributed by atoms with Crippen molar-refractivity contribution in [2.24, 2.45) is 0 Å². The molecule has 3 heteroatoms. The van der Waals surface area contributed by atoms with Gasteiger partial charge in [-0.1, -0.05) is 6.61 Å². The molecule has 0 aromatic carbocycles. The van der Waals surface area contributed by atoms with Crippen LogP contribution in [0.15, 0.2) is 0 Å². The van der Waals surface area contributed by atoms with Gasteiger partial charge in [-0.3, -0.25) is 10.8 Å². The summed E-state index contributed by atoms with van der Waals surface area (Å²) >= 11 is 0. The van der Waals surface area contributed by atoms with E-state index >= 15 is 0 Å². The molecule has 0 atom stereocenters. The Morgan fingerprint density at radius 1 is 1.62 bits per heavy atom. The van der Waals surface area contributed by atoms with Gasteiger partial charge in [0.25, 0.3) is 0 Å². The zero-order valence-corrected chi connectivity index (χ0v) is 7.83. The van der Waals surface area contributed by atoms with Crippen LogP contribution in [0.1, 0.15) is 6.92 Å². The van der Waals surface area contributed by atoms with Gasteiger partial charge in [-0.15, -0.1) is 0 Å². The van der Waals surface area contributed by atoms with Crippen LogP contribution in [0.25, 0.3) is 0 Å². The molecule has 0 aliphatic rings. The molecule has 0 bridgehead atoms. The van der Waals surface area contributed by atoms with Crippen molar-refractivity contribution < 1.29 is 30.2 Å². The first-order valence-electron chi connectivity index (χ1n) is 2.37. The summed E-state index contributed by atoms with van der Waals surface area (Å²) in [5.41, 5.74) is 0. The minimum absolute atomic E-state index is 0. The predicted molar refractivity (Wildman–Crippen MR) is 26.8 cm³/mol. The molecule has 0 rings (SSSR count). The van der Waals surface area contributed by atoms with E-state index in [1.807, 2.05) is 6.92 Å². The molecule has 0 aromatic rings. The van der Waals surface area contributed by atoms with Gasteiger partial charge < -0.3 is 4.74 Å². The number of hydrogen-bond donors (Lipinski definition) is 0. The molecule has 0 radical (unpaired) electrons. The van der Waals surface area contributed by atoms with Crippen molar-refractivity contribution in [3.8, 4) is 0 Å². The van der Waals surface area contributed by atoms with Crippen molar-refractivity contribution in [1.29, 1.82) is 0 Å². The third kappa shape index (κ3) is 9.77. The molecule has 50 valence electrons. The predicted octanol–water partition coefficient (Wildman–Crippen LogP) is 1.19. The van der Waals surface area contributed by atoms with Crippen LogP contribution in [-0.4, -0.2) is 19.9 Å². The van der Waals surface area contributed by atoms with E-state index in [0.717, 1.165) is 0 Å². The summed E-state index contributed by atoms with van der Waals surface area (Å²) in [5.74, 6) is 0. The third-order valence-corrected chi connectivity index (χ3v) is 0.549. The molecular formula is C5H10FOW-. The number of hydrogen-bond acceptors (Lipinski definition) is 1. The van der Waals surface area contributed by atoms with Crippen molar-refractivity contribution in [2.75, 3.05) is 19.9 Å². The SMILES string of the molecule is CCOC[CH-]CF.[W]. The monoisotopic (exact) mass is 289 g/mol. The number of alkyl halides is 1. The van der Waals surface area contributed by atoms with Gasteiger partial charge in [-0.25, -0.2) is 0 Å². The molecule has 0 saturated heterocycles. The Morgan fingerprint density at radius 2 is 2.25 bits per heavy atom. The minimum Gasteiger partial charge on any atom is -0.413 e. The van der Waals surface area contributed by atoms with E-state index in [1.54, 1.807) is 0 Å². The Labute approximate surface area is 63.9 Å². The van der Waals surface area contributed by atoms with Gasteiger partial charge in [-0.2, -0.15) is 0 Å². The van der Waals surface area contributed by atoms with Crippen LogP contribution in [-0.2, 0) is 25.8 Å². The van der Waals surface area contributed by atoms with E-state index in [-0.39, 0.29) is 27.7 Å². The Bertz CT molecular complexity index is 31.6. The molecule has 0 N–H and O–H groups in total. The summed E-state index contributed by atoms with van der Waals surface area (Å²) in [4.78, 5) is 0. The van der Waals surface area contributed by atoms with Gasteiger partial charge >= 0.3 is 0 Å². The fourth-order valence-electron chi connectivity index (χ4n) is 0.246. The van der Waals surface area contributed by atoms with E-state index in [4.69, 9.17) is 4.74 Å². The van der Waals surface area contributed by atoms with Gasteiger partial charge in [-0.05, 0) is 13.6 Å². The van der Waals surface area contributed by atoms with Crippen molar-refractivity contribution in [3.63, 3.8) is 0 Å². The van der Waals surface area contributed by atoms with E-state index in [1.165, 1.54) is 6.42 Å². The van der Waals surface area contributed by atoms with Crippen LogP contribution in [0.5, 0.6) is 0 Å². The summed E-state index contributed by atoms with van der Waals surface area (Å²) in [6, 6.07) is 0. The molecule has 0 heterocycles. The van der Waals surface area contributed by atoms with Crippen molar-refractivity contribution in [3.05, 3.63) is 6.42 Å². The molecule has 0 aliphatic carbocycles. The Kier molecular flexibility index (Phi) is 15.0. The summed E-state index contributed by atoms with van der Waals surface area (Å²) < 4.78 is 16.0. The van der Waals surface area contributed by atoms with E-state index in [9.17, 15) is 4.39 Å². The largest absolute Gasteiger partial charge is 0.413 e. The van der Waals surface area contributed by atoms with Crippen LogP contribution >= 0.6 is 0 Å². The molecule has 0 saturated carbocycles. The molecule has 1 nitrogen and oxygen atoms in total. The van der Waals surface area contributed by atoms with Gasteiger partial charge in [0.05, 0.1) is 0 Å². The van der Waals surface area contributed by atoms with Crippen molar-refractivity contribution in [1.82, 2.24) is 0 Å². The second-order valence-corrected chi connectivity index (χ2v) is 1.10. The van der Waals surface area contributed by atoms with Gasteiger partial charge in [0.15, 0.2) is 0 Å². The number of ether oxygens (including phenoxy) is 1. The molecule has 0 spiro atoms. The zero-order valence-electron chi connectivity index (χ0n) is 4.89. The summed E-state index contributed by atoms with van der Waals surface area (Å²) in [6.07, 6.45) is 1.45. The maximum absolute atomic E-state index is 11.2. The van der Waals surface area contributed by atoms with Gasteiger partial charge in [0.1, 0.15) is 0 Å². The minimum atomic E-state index is -0.389. The Morgan fingerprint density at radius 3 is 2.62 bits per heavy atom. The third-order valence-electron chi connectivity index (χ3n) is 0.549. The van der Waals surface area contributed by atoms with Crippen molar-refractivity contribution in [2.45, 2.75) is 6.92 Å². The van der Waals surface area contributed by atoms with E-state index in [0.29, 0.717) is 13.2 Å². The molecule has 0 amide bonds. The first-order chi connectivity index (χ1) is 3.41. The zero-order chi connectivity index (χ0) is 5.54. The molecule has 0 unspecified atom stereocenters. The van der Waals surface area contributed by atoms with Crippen LogP contribution in [0, 0.1) is 6.42 Å². The van der Waals surface area contributed by atoms with E-state index < -0.39 is 0 Å². The van der Waals surface area contributed by atoms with E-state index in [2.05, 4.69) is 0 Å². The number of rotatable bonds is 4. The second kappa shape index (κ2) is 10.5. The topological polar surface area (TPSA) is 9.23 Å². The maximum Gasteiger partial charge on any atom is 0.0402 e. The molecular weight excluding hydrogens is 279 g/mol. The Balaban J connectivity index is 0. The fraction of sp³-hybridized carbons (Fsp3) is 0.800. The second-order valence-electron chi connectivity index (χ2n) is 1.10. The fourth-order valence-corrected chi connectivity index (χ4v) is 0.246. The average molecular weight is 289 g/mol. The first-order valence-corrected chi connectivity index (χ1v) is 2.37.